The molecule has 1 N–H and O–H groups in total. The van der Waals surface area contributed by atoms with Crippen molar-refractivity contribution in [2.45, 2.75) is 19.9 Å². The lowest BCUT2D eigenvalue weighted by Gasteiger charge is -2.03. The van der Waals surface area contributed by atoms with Crippen molar-refractivity contribution in [3.63, 3.8) is 0 Å². The molecule has 0 aliphatic rings. The molecule has 0 amide bonds. The van der Waals surface area contributed by atoms with Gasteiger partial charge in [-0.05, 0) is 18.1 Å². The molecule has 0 unspecified atom stereocenters. The Balaban J connectivity index is 1.97. The standard InChI is InChI=1S/C14H18N2/c1-2-9-15-14-8-10-16(12-14)11-13-6-4-3-5-7-13/h3-8,10,12,15H,2,9,11H2,1H3. The second kappa shape index (κ2) is 5.40. The fourth-order valence-corrected chi connectivity index (χ4v) is 1.71. The molecular weight excluding hydrogens is 196 g/mol. The Kier molecular flexibility index (Phi) is 3.65. The summed E-state index contributed by atoms with van der Waals surface area (Å²) in [6.07, 6.45) is 5.43. The molecule has 1 aromatic carbocycles. The zero-order valence-corrected chi connectivity index (χ0v) is 9.69. The van der Waals surface area contributed by atoms with Gasteiger partial charge in [0.2, 0.25) is 0 Å². The summed E-state index contributed by atoms with van der Waals surface area (Å²) < 4.78 is 2.20. The van der Waals surface area contributed by atoms with E-state index in [2.05, 4.69) is 59.5 Å². The van der Waals surface area contributed by atoms with Crippen molar-refractivity contribution in [2.75, 3.05) is 11.9 Å². The maximum atomic E-state index is 3.38. The van der Waals surface area contributed by atoms with E-state index in [1.165, 1.54) is 11.3 Å². The van der Waals surface area contributed by atoms with Crippen LogP contribution in [0.5, 0.6) is 0 Å². The van der Waals surface area contributed by atoms with E-state index in [0.29, 0.717) is 0 Å². The third-order valence-corrected chi connectivity index (χ3v) is 2.54. The van der Waals surface area contributed by atoms with Crippen LogP contribution in [0.25, 0.3) is 0 Å². The molecule has 0 radical (unpaired) electrons. The smallest absolute Gasteiger partial charge is 0.0520 e. The maximum absolute atomic E-state index is 3.38. The van der Waals surface area contributed by atoms with Gasteiger partial charge in [-0.15, -0.1) is 0 Å². The summed E-state index contributed by atoms with van der Waals surface area (Å²) in [7, 11) is 0. The van der Waals surface area contributed by atoms with E-state index in [1.807, 2.05) is 6.07 Å². The van der Waals surface area contributed by atoms with Crippen LogP contribution in [-0.2, 0) is 6.54 Å². The number of aromatic nitrogens is 1. The third kappa shape index (κ3) is 2.89. The minimum atomic E-state index is 0.939. The summed E-state index contributed by atoms with van der Waals surface area (Å²) >= 11 is 0. The third-order valence-electron chi connectivity index (χ3n) is 2.54. The van der Waals surface area contributed by atoms with Crippen molar-refractivity contribution in [3.05, 3.63) is 54.4 Å². The van der Waals surface area contributed by atoms with Crippen molar-refractivity contribution in [1.29, 1.82) is 0 Å². The Morgan fingerprint density at radius 2 is 1.94 bits per heavy atom. The fraction of sp³-hybridized carbons (Fsp3) is 0.286. The molecule has 0 saturated heterocycles. The van der Waals surface area contributed by atoms with Gasteiger partial charge < -0.3 is 9.88 Å². The molecule has 2 nitrogen and oxygen atoms in total. The first-order chi connectivity index (χ1) is 7.88. The highest BCUT2D eigenvalue weighted by molar-refractivity contribution is 5.41. The first-order valence-corrected chi connectivity index (χ1v) is 5.82. The normalized spacial score (nSPS) is 10.3. The monoisotopic (exact) mass is 214 g/mol. The predicted molar refractivity (Wildman–Crippen MR) is 68.8 cm³/mol. The number of anilines is 1. The molecule has 1 aromatic heterocycles. The Labute approximate surface area is 96.9 Å². The van der Waals surface area contributed by atoms with Gasteiger partial charge in [-0.2, -0.15) is 0 Å². The van der Waals surface area contributed by atoms with Gasteiger partial charge in [0.1, 0.15) is 0 Å². The van der Waals surface area contributed by atoms with Crippen LogP contribution in [0, 0.1) is 0 Å². The quantitative estimate of drug-likeness (QED) is 0.807. The summed E-state index contributed by atoms with van der Waals surface area (Å²) in [4.78, 5) is 0. The minimum absolute atomic E-state index is 0.939. The molecule has 0 atom stereocenters. The highest BCUT2D eigenvalue weighted by Gasteiger charge is 1.96. The highest BCUT2D eigenvalue weighted by atomic mass is 15.0. The van der Waals surface area contributed by atoms with Crippen molar-refractivity contribution >= 4 is 5.69 Å². The lowest BCUT2D eigenvalue weighted by molar-refractivity contribution is 0.806. The molecule has 2 heteroatoms. The van der Waals surface area contributed by atoms with Crippen molar-refractivity contribution in [3.8, 4) is 0 Å². The van der Waals surface area contributed by atoms with Crippen LogP contribution in [0.3, 0.4) is 0 Å². The topological polar surface area (TPSA) is 17.0 Å². The fourth-order valence-electron chi connectivity index (χ4n) is 1.71. The van der Waals surface area contributed by atoms with Gasteiger partial charge in [0.25, 0.3) is 0 Å². The lowest BCUT2D eigenvalue weighted by Crippen LogP contribution is -1.99. The molecule has 0 saturated carbocycles. The summed E-state index contributed by atoms with van der Waals surface area (Å²) in [5.41, 5.74) is 2.54. The Bertz CT molecular complexity index is 417. The van der Waals surface area contributed by atoms with Gasteiger partial charge in [-0.25, -0.2) is 0 Å². The van der Waals surface area contributed by atoms with Crippen LogP contribution in [0.1, 0.15) is 18.9 Å². The van der Waals surface area contributed by atoms with Gasteiger partial charge in [-0.1, -0.05) is 37.3 Å². The van der Waals surface area contributed by atoms with Gasteiger partial charge in [-0.3, -0.25) is 0 Å². The van der Waals surface area contributed by atoms with Crippen LogP contribution in [0.15, 0.2) is 48.8 Å². The first kappa shape index (κ1) is 10.8. The summed E-state index contributed by atoms with van der Waals surface area (Å²) in [5.74, 6) is 0. The molecular formula is C14H18N2. The summed E-state index contributed by atoms with van der Waals surface area (Å²) in [6.45, 7) is 4.15. The molecule has 0 bridgehead atoms. The maximum Gasteiger partial charge on any atom is 0.0520 e. The Morgan fingerprint density at radius 1 is 1.12 bits per heavy atom. The Hall–Kier alpha value is -1.70. The number of nitrogens with one attached hydrogen (secondary N) is 1. The molecule has 0 spiro atoms. The van der Waals surface area contributed by atoms with Gasteiger partial charge in [0, 0.05) is 25.5 Å². The SMILES string of the molecule is CCCNc1ccn(Cc2ccccc2)c1. The van der Waals surface area contributed by atoms with Crippen molar-refractivity contribution < 1.29 is 0 Å². The van der Waals surface area contributed by atoms with E-state index in [1.54, 1.807) is 0 Å². The highest BCUT2D eigenvalue weighted by Crippen LogP contribution is 2.10. The lowest BCUT2D eigenvalue weighted by atomic mass is 10.2. The van der Waals surface area contributed by atoms with Gasteiger partial charge in [0.15, 0.2) is 0 Å². The van der Waals surface area contributed by atoms with Crippen molar-refractivity contribution in [1.82, 2.24) is 4.57 Å². The van der Waals surface area contributed by atoms with Crippen molar-refractivity contribution in [2.24, 2.45) is 0 Å². The van der Waals surface area contributed by atoms with E-state index in [-0.39, 0.29) is 0 Å². The molecule has 0 aliphatic carbocycles. The number of benzene rings is 1. The second-order valence-electron chi connectivity index (χ2n) is 3.98. The first-order valence-electron chi connectivity index (χ1n) is 5.82. The van der Waals surface area contributed by atoms with Crippen LogP contribution in [0.4, 0.5) is 5.69 Å². The number of nitrogens with zero attached hydrogens (tertiary/aromatic N) is 1. The molecule has 0 aliphatic heterocycles. The molecule has 0 fully saturated rings. The zero-order valence-electron chi connectivity index (χ0n) is 9.69. The predicted octanol–water partition coefficient (Wildman–Crippen LogP) is 3.36. The van der Waals surface area contributed by atoms with Gasteiger partial charge >= 0.3 is 0 Å². The second-order valence-corrected chi connectivity index (χ2v) is 3.98. The number of rotatable bonds is 5. The minimum Gasteiger partial charge on any atom is -0.384 e. The largest absolute Gasteiger partial charge is 0.384 e. The summed E-state index contributed by atoms with van der Waals surface area (Å²) in [6, 6.07) is 12.6. The van der Waals surface area contributed by atoms with E-state index in [4.69, 9.17) is 0 Å². The van der Waals surface area contributed by atoms with Gasteiger partial charge in [0.05, 0.1) is 5.69 Å². The number of hydrogen-bond acceptors (Lipinski definition) is 1. The zero-order chi connectivity index (χ0) is 11.2. The Morgan fingerprint density at radius 3 is 2.69 bits per heavy atom. The summed E-state index contributed by atoms with van der Waals surface area (Å²) in [5, 5.41) is 3.38. The molecule has 2 aromatic rings. The molecule has 1 heterocycles. The van der Waals surface area contributed by atoms with Crippen LogP contribution in [-0.4, -0.2) is 11.1 Å². The molecule has 16 heavy (non-hydrogen) atoms. The van der Waals surface area contributed by atoms with Crippen LogP contribution >= 0.6 is 0 Å². The van der Waals surface area contributed by atoms with E-state index in [0.717, 1.165) is 19.5 Å². The van der Waals surface area contributed by atoms with Crippen LogP contribution < -0.4 is 5.32 Å². The van der Waals surface area contributed by atoms with Crippen LogP contribution in [0.2, 0.25) is 0 Å². The average Bonchev–Trinajstić information content (AvgIpc) is 2.75. The van der Waals surface area contributed by atoms with E-state index >= 15 is 0 Å². The molecule has 2 rings (SSSR count). The average molecular weight is 214 g/mol. The number of hydrogen-bond donors (Lipinski definition) is 1. The molecule has 84 valence electrons. The van der Waals surface area contributed by atoms with E-state index in [9.17, 15) is 0 Å². The van der Waals surface area contributed by atoms with E-state index < -0.39 is 0 Å².